The zero-order valence-corrected chi connectivity index (χ0v) is 9.24. The van der Waals surface area contributed by atoms with Crippen LogP contribution in [0.25, 0.3) is 0 Å². The molecule has 0 aliphatic rings. The SMILES string of the molecule is N#CC(NCCC(=O)O)c1ccccc1Cl. The fourth-order valence-corrected chi connectivity index (χ4v) is 1.50. The van der Waals surface area contributed by atoms with E-state index in [-0.39, 0.29) is 13.0 Å². The Hall–Kier alpha value is -1.57. The number of aliphatic carboxylic acids is 1. The summed E-state index contributed by atoms with van der Waals surface area (Å²) in [6.45, 7) is 0.235. The van der Waals surface area contributed by atoms with E-state index in [1.807, 2.05) is 6.07 Å². The Kier molecular flexibility index (Phi) is 4.77. The van der Waals surface area contributed by atoms with Gasteiger partial charge in [0.15, 0.2) is 0 Å². The molecule has 1 aromatic carbocycles. The lowest BCUT2D eigenvalue weighted by atomic mass is 10.1. The third-order valence-corrected chi connectivity index (χ3v) is 2.38. The van der Waals surface area contributed by atoms with E-state index in [1.165, 1.54) is 0 Å². The second kappa shape index (κ2) is 6.11. The van der Waals surface area contributed by atoms with Crippen LogP contribution in [0.1, 0.15) is 18.0 Å². The van der Waals surface area contributed by atoms with E-state index in [0.29, 0.717) is 10.6 Å². The Morgan fingerprint density at radius 2 is 2.25 bits per heavy atom. The molecule has 0 fully saturated rings. The topological polar surface area (TPSA) is 73.1 Å². The number of hydrogen-bond donors (Lipinski definition) is 2. The molecule has 2 N–H and O–H groups in total. The van der Waals surface area contributed by atoms with E-state index in [9.17, 15) is 4.79 Å². The van der Waals surface area contributed by atoms with E-state index < -0.39 is 12.0 Å². The third-order valence-electron chi connectivity index (χ3n) is 2.03. The Balaban J connectivity index is 2.65. The summed E-state index contributed by atoms with van der Waals surface area (Å²) in [6, 6.07) is 8.46. The lowest BCUT2D eigenvalue weighted by Crippen LogP contribution is -2.23. The highest BCUT2D eigenvalue weighted by Crippen LogP contribution is 2.21. The number of benzene rings is 1. The van der Waals surface area contributed by atoms with Crippen LogP contribution in [0, 0.1) is 11.3 Å². The van der Waals surface area contributed by atoms with Crippen LogP contribution in [0.4, 0.5) is 0 Å². The summed E-state index contributed by atoms with van der Waals surface area (Å²) in [4.78, 5) is 10.3. The first-order valence-corrected chi connectivity index (χ1v) is 5.12. The van der Waals surface area contributed by atoms with E-state index in [4.69, 9.17) is 22.0 Å². The van der Waals surface area contributed by atoms with Gasteiger partial charge in [-0.3, -0.25) is 10.1 Å². The molecule has 84 valence electrons. The highest BCUT2D eigenvalue weighted by atomic mass is 35.5. The van der Waals surface area contributed by atoms with Crippen molar-refractivity contribution >= 4 is 17.6 Å². The monoisotopic (exact) mass is 238 g/mol. The van der Waals surface area contributed by atoms with Crippen molar-refractivity contribution in [2.45, 2.75) is 12.5 Å². The summed E-state index contributed by atoms with van der Waals surface area (Å²) in [5.41, 5.74) is 0.664. The number of nitrogens with zero attached hydrogens (tertiary/aromatic N) is 1. The van der Waals surface area contributed by atoms with E-state index in [2.05, 4.69) is 5.32 Å². The van der Waals surface area contributed by atoms with Crippen molar-refractivity contribution in [3.05, 3.63) is 34.9 Å². The lowest BCUT2D eigenvalue weighted by Gasteiger charge is -2.12. The van der Waals surface area contributed by atoms with Crippen molar-refractivity contribution in [2.24, 2.45) is 0 Å². The summed E-state index contributed by atoms with van der Waals surface area (Å²) in [5, 5.41) is 20.8. The predicted octanol–water partition coefficient (Wildman–Crippen LogP) is 1.97. The quantitative estimate of drug-likeness (QED) is 0.823. The molecule has 0 amide bonds. The van der Waals surface area contributed by atoms with Gasteiger partial charge in [0.1, 0.15) is 6.04 Å². The normalized spacial score (nSPS) is 11.8. The first-order chi connectivity index (χ1) is 7.65. The van der Waals surface area contributed by atoms with Crippen molar-refractivity contribution in [3.8, 4) is 6.07 Å². The van der Waals surface area contributed by atoms with Crippen molar-refractivity contribution in [3.63, 3.8) is 0 Å². The Labute approximate surface area is 98.5 Å². The van der Waals surface area contributed by atoms with Gasteiger partial charge in [0, 0.05) is 17.1 Å². The fourth-order valence-electron chi connectivity index (χ4n) is 1.26. The number of carboxylic acid groups (broad SMARTS) is 1. The van der Waals surface area contributed by atoms with Gasteiger partial charge in [-0.1, -0.05) is 29.8 Å². The van der Waals surface area contributed by atoms with Crippen molar-refractivity contribution in [1.82, 2.24) is 5.32 Å². The summed E-state index contributed by atoms with van der Waals surface area (Å²) >= 11 is 5.93. The fraction of sp³-hybridized carbons (Fsp3) is 0.273. The molecule has 0 aliphatic heterocycles. The molecule has 5 heteroatoms. The van der Waals surface area contributed by atoms with Crippen LogP contribution in [-0.2, 0) is 4.79 Å². The van der Waals surface area contributed by atoms with Crippen LogP contribution in [0.2, 0.25) is 5.02 Å². The summed E-state index contributed by atoms with van der Waals surface area (Å²) in [6.07, 6.45) is -0.0252. The minimum Gasteiger partial charge on any atom is -0.481 e. The molecule has 4 nitrogen and oxygen atoms in total. The Morgan fingerprint density at radius 3 is 2.81 bits per heavy atom. The van der Waals surface area contributed by atoms with E-state index >= 15 is 0 Å². The zero-order chi connectivity index (χ0) is 12.0. The molecule has 0 saturated heterocycles. The molecule has 1 atom stereocenters. The molecule has 0 radical (unpaired) electrons. The minimum atomic E-state index is -0.900. The van der Waals surface area contributed by atoms with Gasteiger partial charge in [-0.05, 0) is 6.07 Å². The first-order valence-electron chi connectivity index (χ1n) is 4.74. The molecule has 0 bridgehead atoms. The van der Waals surface area contributed by atoms with E-state index in [1.54, 1.807) is 24.3 Å². The molecule has 0 aromatic heterocycles. The second-order valence-electron chi connectivity index (χ2n) is 3.18. The van der Waals surface area contributed by atoms with Crippen LogP contribution >= 0.6 is 11.6 Å². The standard InChI is InChI=1S/C11H11ClN2O2/c12-9-4-2-1-3-8(9)10(7-13)14-6-5-11(15)16/h1-4,10,14H,5-6H2,(H,15,16). The number of nitrogens with one attached hydrogen (secondary N) is 1. The number of hydrogen-bond acceptors (Lipinski definition) is 3. The predicted molar refractivity (Wildman–Crippen MR) is 60.1 cm³/mol. The van der Waals surface area contributed by atoms with Gasteiger partial charge in [0.25, 0.3) is 0 Å². The second-order valence-corrected chi connectivity index (χ2v) is 3.59. The van der Waals surface area contributed by atoms with Gasteiger partial charge in [-0.25, -0.2) is 0 Å². The van der Waals surface area contributed by atoms with Gasteiger partial charge >= 0.3 is 5.97 Å². The van der Waals surface area contributed by atoms with Crippen molar-refractivity contribution in [1.29, 1.82) is 5.26 Å². The maximum absolute atomic E-state index is 10.3. The van der Waals surface area contributed by atoms with Crippen molar-refractivity contribution in [2.75, 3.05) is 6.54 Å². The molecule has 0 saturated carbocycles. The van der Waals surface area contributed by atoms with Crippen LogP contribution in [0.3, 0.4) is 0 Å². The summed E-state index contributed by atoms with van der Waals surface area (Å²) in [7, 11) is 0. The molecule has 16 heavy (non-hydrogen) atoms. The average Bonchev–Trinajstić information content (AvgIpc) is 2.25. The summed E-state index contributed by atoms with van der Waals surface area (Å²) in [5.74, 6) is -0.900. The van der Waals surface area contributed by atoms with Crippen LogP contribution < -0.4 is 5.32 Å². The van der Waals surface area contributed by atoms with Crippen LogP contribution in [0.5, 0.6) is 0 Å². The molecule has 0 aliphatic carbocycles. The number of halogens is 1. The van der Waals surface area contributed by atoms with E-state index in [0.717, 1.165) is 0 Å². The molecular weight excluding hydrogens is 228 g/mol. The number of carbonyl (C=O) groups is 1. The first kappa shape index (κ1) is 12.5. The molecule has 1 aromatic rings. The van der Waals surface area contributed by atoms with Gasteiger partial charge < -0.3 is 5.11 Å². The molecule has 0 spiro atoms. The third kappa shape index (κ3) is 3.54. The highest BCUT2D eigenvalue weighted by Gasteiger charge is 2.12. The maximum Gasteiger partial charge on any atom is 0.304 e. The maximum atomic E-state index is 10.3. The lowest BCUT2D eigenvalue weighted by molar-refractivity contribution is -0.136. The van der Waals surface area contributed by atoms with Crippen LogP contribution in [-0.4, -0.2) is 17.6 Å². The molecule has 1 unspecified atom stereocenters. The average molecular weight is 239 g/mol. The molecule has 1 rings (SSSR count). The Bertz CT molecular complexity index is 415. The Morgan fingerprint density at radius 1 is 1.56 bits per heavy atom. The molecular formula is C11H11ClN2O2. The van der Waals surface area contributed by atoms with Gasteiger partial charge in [-0.15, -0.1) is 0 Å². The highest BCUT2D eigenvalue weighted by molar-refractivity contribution is 6.31. The van der Waals surface area contributed by atoms with Gasteiger partial charge in [0.2, 0.25) is 0 Å². The smallest absolute Gasteiger partial charge is 0.304 e. The largest absolute Gasteiger partial charge is 0.481 e. The number of nitriles is 1. The number of carboxylic acids is 1. The number of rotatable bonds is 5. The summed E-state index contributed by atoms with van der Waals surface area (Å²) < 4.78 is 0. The van der Waals surface area contributed by atoms with Gasteiger partial charge in [-0.2, -0.15) is 5.26 Å². The van der Waals surface area contributed by atoms with Crippen LogP contribution in [0.15, 0.2) is 24.3 Å². The van der Waals surface area contributed by atoms with Gasteiger partial charge in [0.05, 0.1) is 12.5 Å². The minimum absolute atomic E-state index is 0.0252. The molecule has 0 heterocycles. The van der Waals surface area contributed by atoms with Crippen molar-refractivity contribution < 1.29 is 9.90 Å². The zero-order valence-electron chi connectivity index (χ0n) is 8.48.